The largest absolute Gasteiger partial charge is 0.508 e. The predicted molar refractivity (Wildman–Crippen MR) is 75.0 cm³/mol. The second-order valence-electron chi connectivity index (χ2n) is 4.30. The van der Waals surface area contributed by atoms with Crippen molar-refractivity contribution in [1.29, 1.82) is 0 Å². The minimum atomic E-state index is -4.59. The zero-order chi connectivity index (χ0) is 16.3. The summed E-state index contributed by atoms with van der Waals surface area (Å²) in [5.41, 5.74) is -1.07. The highest BCUT2D eigenvalue weighted by atomic mass is 32.2. The minimum absolute atomic E-state index is 0.0291. The van der Waals surface area contributed by atoms with Gasteiger partial charge in [-0.2, -0.15) is 13.2 Å². The smallest absolute Gasteiger partial charge is 0.417 e. The molecule has 0 spiro atoms. The van der Waals surface area contributed by atoms with Crippen LogP contribution in [-0.2, 0) is 10.9 Å². The number of phenols is 1. The number of carbonyl (C=O) groups excluding carboxylic acids is 1. The van der Waals surface area contributed by atoms with E-state index in [1.54, 1.807) is 0 Å². The van der Waals surface area contributed by atoms with Gasteiger partial charge in [0.1, 0.15) is 5.75 Å². The van der Waals surface area contributed by atoms with E-state index in [4.69, 9.17) is 0 Å². The molecule has 0 atom stereocenters. The third kappa shape index (κ3) is 3.73. The van der Waals surface area contributed by atoms with E-state index in [1.165, 1.54) is 36.4 Å². The van der Waals surface area contributed by atoms with Gasteiger partial charge < -0.3 is 9.84 Å². The Labute approximate surface area is 128 Å². The lowest BCUT2D eigenvalue weighted by Gasteiger charge is -2.13. The fraction of sp³-hybridized carbons (Fsp3) is 0.133. The van der Waals surface area contributed by atoms with E-state index in [2.05, 4.69) is 4.74 Å². The van der Waals surface area contributed by atoms with Crippen LogP contribution in [0.15, 0.2) is 52.3 Å². The van der Waals surface area contributed by atoms with Gasteiger partial charge in [-0.05, 0) is 42.5 Å². The molecule has 0 aliphatic carbocycles. The van der Waals surface area contributed by atoms with E-state index in [0.29, 0.717) is 4.90 Å². The molecule has 3 nitrogen and oxygen atoms in total. The topological polar surface area (TPSA) is 46.5 Å². The molecule has 0 aromatic heterocycles. The quantitative estimate of drug-likeness (QED) is 0.851. The molecule has 0 saturated carbocycles. The summed E-state index contributed by atoms with van der Waals surface area (Å²) in [6.07, 6.45) is -4.59. The Morgan fingerprint density at radius 2 is 1.77 bits per heavy atom. The molecule has 2 rings (SSSR count). The third-order valence-electron chi connectivity index (χ3n) is 2.77. The maximum Gasteiger partial charge on any atom is 0.417 e. The first kappa shape index (κ1) is 16.2. The van der Waals surface area contributed by atoms with Gasteiger partial charge >= 0.3 is 12.1 Å². The number of rotatable bonds is 3. The third-order valence-corrected chi connectivity index (χ3v) is 3.85. The highest BCUT2D eigenvalue weighted by molar-refractivity contribution is 7.99. The molecule has 0 fully saturated rings. The van der Waals surface area contributed by atoms with Gasteiger partial charge in [0.25, 0.3) is 0 Å². The summed E-state index contributed by atoms with van der Waals surface area (Å²) in [5.74, 6) is -0.798. The lowest BCUT2D eigenvalue weighted by atomic mass is 10.1. The Bertz CT molecular complexity index is 681. The van der Waals surface area contributed by atoms with Crippen LogP contribution >= 0.6 is 11.8 Å². The van der Waals surface area contributed by atoms with Crippen LogP contribution in [0.1, 0.15) is 15.9 Å². The molecule has 1 N–H and O–H groups in total. The minimum Gasteiger partial charge on any atom is -0.508 e. The molecule has 0 heterocycles. The molecule has 0 aliphatic rings. The molecule has 2 aromatic carbocycles. The Balaban J connectivity index is 2.42. The molecule has 0 amide bonds. The van der Waals surface area contributed by atoms with Gasteiger partial charge in [-0.3, -0.25) is 0 Å². The van der Waals surface area contributed by atoms with Gasteiger partial charge in [0.15, 0.2) is 0 Å². The second kappa shape index (κ2) is 6.31. The summed E-state index contributed by atoms with van der Waals surface area (Å²) in [6.45, 7) is 0. The van der Waals surface area contributed by atoms with Crippen LogP contribution in [0.3, 0.4) is 0 Å². The molecular weight excluding hydrogens is 317 g/mol. The Morgan fingerprint density at radius 3 is 2.32 bits per heavy atom. The average molecular weight is 328 g/mol. The van der Waals surface area contributed by atoms with E-state index in [1.807, 2.05) is 0 Å². The monoisotopic (exact) mass is 328 g/mol. The lowest BCUT2D eigenvalue weighted by Crippen LogP contribution is -2.10. The fourth-order valence-electron chi connectivity index (χ4n) is 1.73. The van der Waals surface area contributed by atoms with Crippen LogP contribution in [0.5, 0.6) is 5.75 Å². The predicted octanol–water partition coefficient (Wildman–Crippen LogP) is 4.35. The van der Waals surface area contributed by atoms with Crippen molar-refractivity contribution in [2.24, 2.45) is 0 Å². The van der Waals surface area contributed by atoms with Crippen molar-refractivity contribution in [3.8, 4) is 5.75 Å². The lowest BCUT2D eigenvalue weighted by molar-refractivity contribution is -0.139. The number of benzene rings is 2. The summed E-state index contributed by atoms with van der Waals surface area (Å²) in [6, 6.07) is 9.07. The number of esters is 1. The van der Waals surface area contributed by atoms with E-state index in [0.717, 1.165) is 24.9 Å². The van der Waals surface area contributed by atoms with Crippen molar-refractivity contribution >= 4 is 17.7 Å². The maximum atomic E-state index is 13.2. The summed E-state index contributed by atoms with van der Waals surface area (Å²) in [5, 5.41) is 9.19. The highest BCUT2D eigenvalue weighted by Gasteiger charge is 2.34. The first-order valence-electron chi connectivity index (χ1n) is 6.07. The molecule has 0 radical (unpaired) electrons. The normalized spacial score (nSPS) is 11.3. The summed E-state index contributed by atoms with van der Waals surface area (Å²) >= 11 is 0.895. The first-order valence-corrected chi connectivity index (χ1v) is 6.89. The van der Waals surface area contributed by atoms with Crippen molar-refractivity contribution in [3.63, 3.8) is 0 Å². The average Bonchev–Trinajstić information content (AvgIpc) is 2.48. The summed E-state index contributed by atoms with van der Waals surface area (Å²) in [7, 11) is 1.11. The zero-order valence-electron chi connectivity index (χ0n) is 11.3. The Hall–Kier alpha value is -2.15. The van der Waals surface area contributed by atoms with Gasteiger partial charge in [-0.15, -0.1) is 0 Å². The molecule has 22 heavy (non-hydrogen) atoms. The highest BCUT2D eigenvalue weighted by Crippen LogP contribution is 2.40. The number of phenolic OH excluding ortho intramolecular Hbond substituents is 1. The van der Waals surface area contributed by atoms with Gasteiger partial charge in [0.05, 0.1) is 18.2 Å². The van der Waals surface area contributed by atoms with E-state index < -0.39 is 17.7 Å². The zero-order valence-corrected chi connectivity index (χ0v) is 12.2. The van der Waals surface area contributed by atoms with Crippen LogP contribution in [0, 0.1) is 0 Å². The molecule has 0 aliphatic heterocycles. The standard InChI is InChI=1S/C15H11F3O3S/c1-21-14(20)9-2-7-13(12(8-9)15(16,17)18)22-11-5-3-10(19)4-6-11/h2-8,19H,1H3. The number of alkyl halides is 3. The van der Waals surface area contributed by atoms with Crippen molar-refractivity contribution in [2.45, 2.75) is 16.0 Å². The van der Waals surface area contributed by atoms with Crippen LogP contribution in [0.4, 0.5) is 13.2 Å². The van der Waals surface area contributed by atoms with Crippen molar-refractivity contribution in [2.75, 3.05) is 7.11 Å². The Morgan fingerprint density at radius 1 is 1.14 bits per heavy atom. The number of methoxy groups -OCH3 is 1. The van der Waals surface area contributed by atoms with Crippen molar-refractivity contribution < 1.29 is 27.8 Å². The number of ether oxygens (including phenoxy) is 1. The van der Waals surface area contributed by atoms with E-state index >= 15 is 0 Å². The molecule has 0 unspecified atom stereocenters. The fourth-order valence-corrected chi connectivity index (χ4v) is 2.67. The molecule has 116 valence electrons. The van der Waals surface area contributed by atoms with Crippen LogP contribution in [0.2, 0.25) is 0 Å². The SMILES string of the molecule is COC(=O)c1ccc(Sc2ccc(O)cc2)c(C(F)(F)F)c1. The van der Waals surface area contributed by atoms with Gasteiger partial charge in [0.2, 0.25) is 0 Å². The van der Waals surface area contributed by atoms with Crippen LogP contribution < -0.4 is 0 Å². The number of carbonyl (C=O) groups is 1. The maximum absolute atomic E-state index is 13.2. The number of hydrogen-bond donors (Lipinski definition) is 1. The van der Waals surface area contributed by atoms with Crippen molar-refractivity contribution in [3.05, 3.63) is 53.6 Å². The summed E-state index contributed by atoms with van der Waals surface area (Å²) in [4.78, 5) is 11.9. The van der Waals surface area contributed by atoms with Crippen LogP contribution in [-0.4, -0.2) is 18.2 Å². The van der Waals surface area contributed by atoms with Gasteiger partial charge in [0, 0.05) is 9.79 Å². The Kier molecular flexibility index (Phi) is 4.65. The molecule has 7 heteroatoms. The van der Waals surface area contributed by atoms with Crippen LogP contribution in [0.25, 0.3) is 0 Å². The number of hydrogen-bond acceptors (Lipinski definition) is 4. The molecular formula is C15H11F3O3S. The number of halogens is 3. The van der Waals surface area contributed by atoms with E-state index in [9.17, 15) is 23.1 Å². The summed E-state index contributed by atoms with van der Waals surface area (Å²) < 4.78 is 43.9. The van der Waals surface area contributed by atoms with E-state index in [-0.39, 0.29) is 16.2 Å². The molecule has 0 bridgehead atoms. The van der Waals surface area contributed by atoms with Crippen molar-refractivity contribution in [1.82, 2.24) is 0 Å². The molecule has 0 saturated heterocycles. The van der Waals surface area contributed by atoms with Gasteiger partial charge in [-0.1, -0.05) is 11.8 Å². The van der Waals surface area contributed by atoms with Gasteiger partial charge in [-0.25, -0.2) is 4.79 Å². The molecule has 2 aromatic rings. The first-order chi connectivity index (χ1) is 10.3. The number of aromatic hydroxyl groups is 1. The second-order valence-corrected chi connectivity index (χ2v) is 5.41.